The molecular formula is C49H30N2O2S. The van der Waals surface area contributed by atoms with Gasteiger partial charge in [0.15, 0.2) is 5.58 Å². The van der Waals surface area contributed by atoms with Gasteiger partial charge in [0.25, 0.3) is 0 Å². The van der Waals surface area contributed by atoms with Crippen LogP contribution < -0.4 is 4.90 Å². The van der Waals surface area contributed by atoms with Crippen LogP contribution in [0, 0.1) is 0 Å². The first-order valence-electron chi connectivity index (χ1n) is 18.0. The minimum Gasteiger partial charge on any atom is -0.456 e. The van der Waals surface area contributed by atoms with Crippen molar-refractivity contribution in [2.45, 2.75) is 0 Å². The molecule has 0 atom stereocenters. The van der Waals surface area contributed by atoms with Crippen molar-refractivity contribution in [1.82, 2.24) is 4.98 Å². The monoisotopic (exact) mass is 710 g/mol. The molecule has 3 aromatic heterocycles. The predicted molar refractivity (Wildman–Crippen MR) is 225 cm³/mol. The minimum atomic E-state index is 0.598. The fourth-order valence-corrected chi connectivity index (χ4v) is 8.98. The molecule has 0 radical (unpaired) electrons. The summed E-state index contributed by atoms with van der Waals surface area (Å²) >= 11 is 1.86. The molecule has 0 N–H and O–H groups in total. The summed E-state index contributed by atoms with van der Waals surface area (Å²) < 4.78 is 15.6. The van der Waals surface area contributed by atoms with Gasteiger partial charge in [0.1, 0.15) is 16.7 Å². The molecular weight excluding hydrogens is 681 g/mol. The van der Waals surface area contributed by atoms with E-state index in [2.05, 4.69) is 144 Å². The Morgan fingerprint density at radius 1 is 0.444 bits per heavy atom. The molecule has 11 aromatic rings. The van der Waals surface area contributed by atoms with E-state index < -0.39 is 0 Å². The van der Waals surface area contributed by atoms with Crippen LogP contribution in [0.3, 0.4) is 0 Å². The highest BCUT2D eigenvalue weighted by Crippen LogP contribution is 2.44. The number of thiophene rings is 1. The molecule has 8 aromatic carbocycles. The highest BCUT2D eigenvalue weighted by molar-refractivity contribution is 7.26. The molecule has 0 fully saturated rings. The lowest BCUT2D eigenvalue weighted by atomic mass is 10.0. The molecule has 0 bridgehead atoms. The molecule has 0 spiro atoms. The van der Waals surface area contributed by atoms with Crippen molar-refractivity contribution in [3.63, 3.8) is 0 Å². The summed E-state index contributed by atoms with van der Waals surface area (Å²) in [6.45, 7) is 0. The van der Waals surface area contributed by atoms with E-state index in [4.69, 9.17) is 13.8 Å². The molecule has 11 rings (SSSR count). The summed E-state index contributed by atoms with van der Waals surface area (Å²) in [5.74, 6) is 0.598. The van der Waals surface area contributed by atoms with Crippen LogP contribution in [0.15, 0.2) is 191 Å². The summed E-state index contributed by atoms with van der Waals surface area (Å²) in [4.78, 5) is 7.12. The van der Waals surface area contributed by atoms with Gasteiger partial charge in [-0.25, -0.2) is 4.98 Å². The molecule has 0 saturated carbocycles. The Balaban J connectivity index is 1.05. The van der Waals surface area contributed by atoms with E-state index in [0.717, 1.165) is 61.2 Å². The number of hydrogen-bond donors (Lipinski definition) is 0. The zero-order valence-electron chi connectivity index (χ0n) is 28.9. The van der Waals surface area contributed by atoms with Crippen LogP contribution in [0.4, 0.5) is 17.1 Å². The maximum atomic E-state index is 6.56. The van der Waals surface area contributed by atoms with Crippen LogP contribution in [0.1, 0.15) is 0 Å². The summed E-state index contributed by atoms with van der Waals surface area (Å²) in [5.41, 5.74) is 11.9. The van der Waals surface area contributed by atoms with Crippen molar-refractivity contribution in [3.8, 4) is 33.7 Å². The third-order valence-corrected chi connectivity index (χ3v) is 11.5. The number of rotatable bonds is 6. The van der Waals surface area contributed by atoms with E-state index in [1.807, 2.05) is 53.8 Å². The first kappa shape index (κ1) is 30.7. The first-order valence-corrected chi connectivity index (χ1v) is 18.8. The van der Waals surface area contributed by atoms with Crippen molar-refractivity contribution in [3.05, 3.63) is 182 Å². The maximum absolute atomic E-state index is 6.56. The molecule has 0 unspecified atom stereocenters. The van der Waals surface area contributed by atoms with Crippen molar-refractivity contribution < 1.29 is 8.83 Å². The van der Waals surface area contributed by atoms with Gasteiger partial charge in [0.05, 0.1) is 5.39 Å². The van der Waals surface area contributed by atoms with Crippen molar-refractivity contribution in [2.75, 3.05) is 4.90 Å². The van der Waals surface area contributed by atoms with Crippen LogP contribution in [0.5, 0.6) is 0 Å². The van der Waals surface area contributed by atoms with Gasteiger partial charge in [0.2, 0.25) is 5.89 Å². The fraction of sp³-hybridized carbons (Fsp3) is 0. The van der Waals surface area contributed by atoms with Gasteiger partial charge in [-0.15, -0.1) is 11.3 Å². The van der Waals surface area contributed by atoms with Crippen LogP contribution in [-0.2, 0) is 0 Å². The number of fused-ring (bicyclic) bond motifs is 8. The number of hydrogen-bond acceptors (Lipinski definition) is 5. The van der Waals surface area contributed by atoms with Crippen molar-refractivity contribution in [2.24, 2.45) is 0 Å². The fourth-order valence-electron chi connectivity index (χ4n) is 7.74. The second-order valence-corrected chi connectivity index (χ2v) is 14.6. The topological polar surface area (TPSA) is 42.4 Å². The van der Waals surface area contributed by atoms with Gasteiger partial charge in [-0.2, -0.15) is 0 Å². The van der Waals surface area contributed by atoms with E-state index in [0.29, 0.717) is 5.89 Å². The second-order valence-electron chi connectivity index (χ2n) is 13.5. The number of benzene rings is 8. The standard InChI is InChI=1S/C49H30N2O2S/c1-3-11-31(12-4-1)34-15-9-16-36(29-34)51(35-23-21-32(22-24-35)38-18-10-19-40-39-17-7-8-20-45(39)54-48(38)40)37-25-26-41-44(30-37)52-43-28-27-42-47(46(41)43)53-49(50-42)33-13-5-2-6-14-33/h1-30H. The first-order chi connectivity index (χ1) is 26.7. The molecule has 5 heteroatoms. The number of oxazole rings is 1. The maximum Gasteiger partial charge on any atom is 0.227 e. The Labute approximate surface area is 314 Å². The molecule has 4 nitrogen and oxygen atoms in total. The molecule has 54 heavy (non-hydrogen) atoms. The quantitative estimate of drug-likeness (QED) is 0.172. The summed E-state index contributed by atoms with van der Waals surface area (Å²) in [6, 6.07) is 63.9. The SMILES string of the molecule is c1ccc(-c2cccc(N(c3ccc(-c4cccc5c4sc4ccccc45)cc3)c3ccc4c(c3)oc3ccc5nc(-c6ccccc6)oc5c34)c2)cc1. The zero-order chi connectivity index (χ0) is 35.6. The summed E-state index contributed by atoms with van der Waals surface area (Å²) in [5, 5.41) is 4.53. The van der Waals surface area contributed by atoms with Crippen LogP contribution in [0.25, 0.3) is 86.9 Å². The number of furan rings is 1. The Kier molecular flexibility index (Phi) is 7.00. The average Bonchev–Trinajstić information content (AvgIpc) is 3.95. The van der Waals surface area contributed by atoms with Gasteiger partial charge in [-0.05, 0) is 89.0 Å². The minimum absolute atomic E-state index is 0.598. The zero-order valence-corrected chi connectivity index (χ0v) is 29.8. The molecule has 0 amide bonds. The lowest BCUT2D eigenvalue weighted by Crippen LogP contribution is -2.10. The highest BCUT2D eigenvalue weighted by Gasteiger charge is 2.20. The van der Waals surface area contributed by atoms with Gasteiger partial charge in [-0.1, -0.05) is 109 Å². The van der Waals surface area contributed by atoms with Crippen molar-refractivity contribution in [1.29, 1.82) is 0 Å². The molecule has 0 aliphatic rings. The van der Waals surface area contributed by atoms with Gasteiger partial charge >= 0.3 is 0 Å². The summed E-state index contributed by atoms with van der Waals surface area (Å²) in [6.07, 6.45) is 0. The lowest BCUT2D eigenvalue weighted by Gasteiger charge is -2.26. The number of anilines is 3. The lowest BCUT2D eigenvalue weighted by molar-refractivity contribution is 0.622. The van der Waals surface area contributed by atoms with E-state index in [9.17, 15) is 0 Å². The van der Waals surface area contributed by atoms with E-state index in [1.165, 1.54) is 36.9 Å². The molecule has 0 saturated heterocycles. The van der Waals surface area contributed by atoms with Crippen LogP contribution in [-0.4, -0.2) is 4.98 Å². The van der Waals surface area contributed by atoms with Crippen molar-refractivity contribution >= 4 is 81.6 Å². The molecule has 0 aliphatic heterocycles. The highest BCUT2D eigenvalue weighted by atomic mass is 32.1. The number of aromatic nitrogens is 1. The summed E-state index contributed by atoms with van der Waals surface area (Å²) in [7, 11) is 0. The third-order valence-electron chi connectivity index (χ3n) is 10.3. The second kappa shape index (κ2) is 12.3. The Morgan fingerprint density at radius 2 is 1.15 bits per heavy atom. The van der Waals surface area contributed by atoms with Crippen LogP contribution in [0.2, 0.25) is 0 Å². The normalized spacial score (nSPS) is 11.7. The third kappa shape index (κ3) is 5.01. The van der Waals surface area contributed by atoms with E-state index in [1.54, 1.807) is 0 Å². The van der Waals surface area contributed by atoms with Gasteiger partial charge in [0, 0.05) is 54.3 Å². The van der Waals surface area contributed by atoms with E-state index >= 15 is 0 Å². The molecule has 0 aliphatic carbocycles. The Hall–Kier alpha value is -6.95. The Morgan fingerprint density at radius 3 is 2.00 bits per heavy atom. The van der Waals surface area contributed by atoms with Crippen LogP contribution >= 0.6 is 11.3 Å². The number of nitrogens with zero attached hydrogens (tertiary/aromatic N) is 2. The van der Waals surface area contributed by atoms with E-state index in [-0.39, 0.29) is 0 Å². The largest absolute Gasteiger partial charge is 0.456 e. The molecule has 3 heterocycles. The van der Waals surface area contributed by atoms with Gasteiger partial charge in [-0.3, -0.25) is 0 Å². The average molecular weight is 711 g/mol. The Bertz CT molecular complexity index is 3160. The van der Waals surface area contributed by atoms with Gasteiger partial charge < -0.3 is 13.7 Å². The predicted octanol–water partition coefficient (Wildman–Crippen LogP) is 14.6. The smallest absolute Gasteiger partial charge is 0.227 e. The molecule has 254 valence electrons.